The van der Waals surface area contributed by atoms with Crippen LogP contribution in [0.15, 0.2) is 59.6 Å². The number of aliphatic imine (C=N–C) groups is 1. The van der Waals surface area contributed by atoms with Gasteiger partial charge in [-0.15, -0.1) is 0 Å². The molecule has 0 aromatic heterocycles. The molecular weight excluding hydrogens is 696 g/mol. The molecule has 5 atom stereocenters. The van der Waals surface area contributed by atoms with E-state index in [1.807, 2.05) is 13.8 Å². The third-order valence-corrected chi connectivity index (χ3v) is 8.11. The zero-order chi connectivity index (χ0) is 40.2. The fourth-order valence-corrected chi connectivity index (χ4v) is 5.31. The summed E-state index contributed by atoms with van der Waals surface area (Å²) in [6.07, 6.45) is 1.12. The number of rotatable bonds is 22. The summed E-state index contributed by atoms with van der Waals surface area (Å²) in [5, 5.41) is 25.3. The van der Waals surface area contributed by atoms with Crippen molar-refractivity contribution >= 4 is 41.4 Å². The van der Waals surface area contributed by atoms with Crippen LogP contribution in [0.5, 0.6) is 5.75 Å². The molecule has 54 heavy (non-hydrogen) atoms. The fraction of sp³-hybridized carbons (Fsp3) is 0.486. The van der Waals surface area contributed by atoms with E-state index in [9.17, 15) is 33.9 Å². The third kappa shape index (κ3) is 16.8. The molecule has 17 nitrogen and oxygen atoms in total. The molecule has 0 radical (unpaired) electrons. The first-order chi connectivity index (χ1) is 25.6. The van der Waals surface area contributed by atoms with Gasteiger partial charge in [0.1, 0.15) is 29.9 Å². The Morgan fingerprint density at radius 2 is 1.31 bits per heavy atom. The molecule has 0 aliphatic heterocycles. The van der Waals surface area contributed by atoms with Gasteiger partial charge in [-0.2, -0.15) is 0 Å². The van der Waals surface area contributed by atoms with Gasteiger partial charge < -0.3 is 54.2 Å². The van der Waals surface area contributed by atoms with Crippen LogP contribution in [0.25, 0.3) is 0 Å². The van der Waals surface area contributed by atoms with Crippen molar-refractivity contribution in [2.45, 2.75) is 90.0 Å². The number of nitrogens with zero attached hydrogens (tertiary/aromatic N) is 1. The number of amides is 6. The van der Waals surface area contributed by atoms with E-state index in [4.69, 9.17) is 17.2 Å². The predicted octanol–water partition coefficient (Wildman–Crippen LogP) is -1.18. The fourth-order valence-electron chi connectivity index (χ4n) is 5.31. The number of hydrogen-bond donors (Lipinski definition) is 10. The maximum absolute atomic E-state index is 13.8. The molecular formula is C37H56N10O7. The molecule has 2 aromatic rings. The standard InChI is InChI=1S/C37H56N10O7/c1-5-41-34(52)28(12-9-17-42-37(39)40)46-35(53)29(18-22(2)3)47-36(54)30(20-24-10-7-6-8-11-24)45-31(49)21-43-32(50)23(4)44-33(51)27(38)19-25-13-15-26(48)16-14-25/h6-8,10-11,13-16,22-23,27-30,48H,5,9,12,17-21,38H2,1-4H3,(H,41,52)(H,43,50)(H,44,51)(H,45,49)(H,46,53)(H,47,54)(H4,39,40,42). The van der Waals surface area contributed by atoms with E-state index in [0.717, 1.165) is 5.56 Å². The van der Waals surface area contributed by atoms with E-state index in [1.165, 1.54) is 19.1 Å². The number of phenols is 1. The number of aromatic hydroxyl groups is 1. The highest BCUT2D eigenvalue weighted by Crippen LogP contribution is 2.12. The number of benzene rings is 2. The molecule has 0 bridgehead atoms. The minimum absolute atomic E-state index is 0.0342. The van der Waals surface area contributed by atoms with Crippen LogP contribution in [0.1, 0.15) is 58.1 Å². The lowest BCUT2D eigenvalue weighted by Crippen LogP contribution is -2.58. The molecule has 17 heteroatoms. The quantitative estimate of drug-likeness (QED) is 0.0390. The summed E-state index contributed by atoms with van der Waals surface area (Å²) in [5.74, 6) is -3.60. The van der Waals surface area contributed by atoms with Gasteiger partial charge in [-0.25, -0.2) is 0 Å². The highest BCUT2D eigenvalue weighted by Gasteiger charge is 2.30. The van der Waals surface area contributed by atoms with Gasteiger partial charge in [0, 0.05) is 19.5 Å². The molecule has 0 heterocycles. The zero-order valence-corrected chi connectivity index (χ0v) is 31.4. The number of carbonyl (C=O) groups excluding carboxylic acids is 6. The van der Waals surface area contributed by atoms with E-state index < -0.39 is 72.2 Å². The first-order valence-corrected chi connectivity index (χ1v) is 18.0. The van der Waals surface area contributed by atoms with Gasteiger partial charge >= 0.3 is 0 Å². The van der Waals surface area contributed by atoms with Crippen LogP contribution >= 0.6 is 0 Å². The van der Waals surface area contributed by atoms with Crippen molar-refractivity contribution in [2.24, 2.45) is 28.1 Å². The molecule has 0 saturated heterocycles. The summed E-state index contributed by atoms with van der Waals surface area (Å²) in [5.41, 5.74) is 18.2. The summed E-state index contributed by atoms with van der Waals surface area (Å²) >= 11 is 0. The van der Waals surface area contributed by atoms with Crippen molar-refractivity contribution in [3.8, 4) is 5.75 Å². The highest BCUT2D eigenvalue weighted by molar-refractivity contribution is 5.95. The second-order valence-electron chi connectivity index (χ2n) is 13.3. The van der Waals surface area contributed by atoms with Crippen LogP contribution in [-0.2, 0) is 41.6 Å². The van der Waals surface area contributed by atoms with E-state index in [2.05, 4.69) is 36.9 Å². The number of likely N-dealkylation sites (N-methyl/N-ethyl adjacent to an activating group) is 1. The Hall–Kier alpha value is -5.71. The Labute approximate surface area is 316 Å². The minimum Gasteiger partial charge on any atom is -0.508 e. The van der Waals surface area contributed by atoms with Gasteiger partial charge in [0.2, 0.25) is 35.4 Å². The lowest BCUT2D eigenvalue weighted by Gasteiger charge is -2.26. The van der Waals surface area contributed by atoms with Crippen LogP contribution < -0.4 is 49.1 Å². The van der Waals surface area contributed by atoms with Crippen molar-refractivity contribution in [3.63, 3.8) is 0 Å². The Kier molecular flexibility index (Phi) is 19.0. The topological polar surface area (TPSA) is 285 Å². The second kappa shape index (κ2) is 23.1. The van der Waals surface area contributed by atoms with Gasteiger partial charge in [0.15, 0.2) is 5.96 Å². The van der Waals surface area contributed by atoms with Crippen LogP contribution in [-0.4, -0.2) is 96.4 Å². The summed E-state index contributed by atoms with van der Waals surface area (Å²) < 4.78 is 0. The van der Waals surface area contributed by atoms with E-state index in [-0.39, 0.29) is 49.9 Å². The van der Waals surface area contributed by atoms with Gasteiger partial charge in [0.05, 0.1) is 12.6 Å². The molecule has 0 fully saturated rings. The molecule has 0 saturated carbocycles. The SMILES string of the molecule is CCNC(=O)C(CCCN=C(N)N)NC(=O)C(CC(C)C)NC(=O)C(Cc1ccccc1)NC(=O)CNC(=O)C(C)NC(=O)C(N)Cc1ccc(O)cc1. The van der Waals surface area contributed by atoms with Crippen molar-refractivity contribution < 1.29 is 33.9 Å². The van der Waals surface area contributed by atoms with Crippen molar-refractivity contribution in [1.29, 1.82) is 0 Å². The number of nitrogens with two attached hydrogens (primary N) is 3. The summed E-state index contributed by atoms with van der Waals surface area (Å²) in [6, 6.07) is 10.0. The van der Waals surface area contributed by atoms with Crippen molar-refractivity contribution in [1.82, 2.24) is 31.9 Å². The maximum atomic E-state index is 13.8. The summed E-state index contributed by atoms with van der Waals surface area (Å²) in [7, 11) is 0. The maximum Gasteiger partial charge on any atom is 0.243 e. The molecule has 13 N–H and O–H groups in total. The molecule has 0 spiro atoms. The Balaban J connectivity index is 2.10. The third-order valence-electron chi connectivity index (χ3n) is 8.11. The summed E-state index contributed by atoms with van der Waals surface area (Å²) in [4.78, 5) is 82.6. The van der Waals surface area contributed by atoms with Gasteiger partial charge in [-0.05, 0) is 68.7 Å². The van der Waals surface area contributed by atoms with Crippen molar-refractivity contribution in [3.05, 3.63) is 65.7 Å². The Morgan fingerprint density at radius 3 is 1.93 bits per heavy atom. The first-order valence-electron chi connectivity index (χ1n) is 18.0. The smallest absolute Gasteiger partial charge is 0.243 e. The number of nitrogens with one attached hydrogen (secondary N) is 6. The Bertz CT molecular complexity index is 1570. The van der Waals surface area contributed by atoms with Gasteiger partial charge in [-0.3, -0.25) is 33.8 Å². The largest absolute Gasteiger partial charge is 0.508 e. The van der Waals surface area contributed by atoms with Crippen molar-refractivity contribution in [2.75, 3.05) is 19.6 Å². The van der Waals surface area contributed by atoms with Gasteiger partial charge in [0.25, 0.3) is 0 Å². The second-order valence-corrected chi connectivity index (χ2v) is 13.3. The molecule has 6 amide bonds. The number of carbonyl (C=O) groups is 6. The number of hydrogen-bond acceptors (Lipinski definition) is 9. The normalized spacial score (nSPS) is 13.6. The zero-order valence-electron chi connectivity index (χ0n) is 31.4. The molecule has 2 rings (SSSR count). The lowest BCUT2D eigenvalue weighted by atomic mass is 10.00. The van der Waals surface area contributed by atoms with E-state index in [0.29, 0.717) is 18.5 Å². The monoisotopic (exact) mass is 752 g/mol. The van der Waals surface area contributed by atoms with Gasteiger partial charge in [-0.1, -0.05) is 56.3 Å². The minimum atomic E-state index is -1.15. The number of phenolic OH excluding ortho intramolecular Hbond substituents is 1. The average Bonchev–Trinajstić information content (AvgIpc) is 3.12. The molecule has 5 unspecified atom stereocenters. The van der Waals surface area contributed by atoms with E-state index in [1.54, 1.807) is 49.4 Å². The molecule has 2 aromatic carbocycles. The molecule has 0 aliphatic carbocycles. The average molecular weight is 753 g/mol. The molecule has 0 aliphatic rings. The van der Waals surface area contributed by atoms with Crippen LogP contribution in [0.4, 0.5) is 0 Å². The first kappa shape index (κ1) is 44.5. The summed E-state index contributed by atoms with van der Waals surface area (Å²) in [6.45, 7) is 7.03. The number of guanidine groups is 1. The predicted molar refractivity (Wildman–Crippen MR) is 204 cm³/mol. The van der Waals surface area contributed by atoms with Crippen LogP contribution in [0, 0.1) is 5.92 Å². The highest BCUT2D eigenvalue weighted by atomic mass is 16.3. The van der Waals surface area contributed by atoms with E-state index >= 15 is 0 Å². The Morgan fingerprint density at radius 1 is 0.704 bits per heavy atom. The lowest BCUT2D eigenvalue weighted by molar-refractivity contribution is -0.134. The van der Waals surface area contributed by atoms with Crippen LogP contribution in [0.3, 0.4) is 0 Å². The van der Waals surface area contributed by atoms with Crippen LogP contribution in [0.2, 0.25) is 0 Å². The molecule has 296 valence electrons.